The molecule has 2 radical (unpaired) electrons. The van der Waals surface area contributed by atoms with Gasteiger partial charge in [-0.05, 0) is 25.5 Å². The van der Waals surface area contributed by atoms with Crippen molar-refractivity contribution in [2.45, 2.75) is 25.3 Å². The minimum atomic E-state index is -4.52. The molecule has 0 aliphatic rings. The third kappa shape index (κ3) is 4.87. The number of halogens is 3. The van der Waals surface area contributed by atoms with Crippen LogP contribution in [-0.4, -0.2) is 28.3 Å². The Labute approximate surface area is 172 Å². The number of hydrogen-bond donors (Lipinski definition) is 0. The predicted molar refractivity (Wildman–Crippen MR) is 111 cm³/mol. The van der Waals surface area contributed by atoms with Crippen LogP contribution in [0.3, 0.4) is 0 Å². The first kappa shape index (κ1) is 21.5. The highest BCUT2D eigenvalue weighted by atomic mass is 32.2. The zero-order valence-electron chi connectivity index (χ0n) is 15.9. The second kappa shape index (κ2) is 7.91. The fourth-order valence-corrected chi connectivity index (χ4v) is 5.05. The van der Waals surface area contributed by atoms with Crippen molar-refractivity contribution in [3.05, 3.63) is 58.7 Å². The van der Waals surface area contributed by atoms with Gasteiger partial charge in [0.05, 0.1) is 20.7 Å². The molecule has 0 spiro atoms. The van der Waals surface area contributed by atoms with E-state index in [-0.39, 0.29) is 0 Å². The lowest BCUT2D eigenvalue weighted by atomic mass is 9.95. The molecule has 0 N–H and O–H groups in total. The van der Waals surface area contributed by atoms with Crippen LogP contribution in [0, 0.1) is 6.92 Å². The molecule has 0 aliphatic heterocycles. The molecule has 0 saturated heterocycles. The van der Waals surface area contributed by atoms with Gasteiger partial charge in [0, 0.05) is 22.9 Å². The van der Waals surface area contributed by atoms with Gasteiger partial charge in [-0.15, -0.1) is 0 Å². The van der Waals surface area contributed by atoms with Crippen LogP contribution in [-0.2, 0) is 15.9 Å². The molecular formula is C19H17BF3N3OS2. The van der Waals surface area contributed by atoms with Crippen LogP contribution in [0.5, 0.6) is 0 Å². The molecule has 150 valence electrons. The number of aromatic nitrogens is 2. The molecule has 0 amide bonds. The van der Waals surface area contributed by atoms with Crippen molar-refractivity contribution in [2.75, 3.05) is 6.26 Å². The standard InChI is InChI=1S/C19H17BF3N3OS2/c1-11-17(13-4-7-15(20)8-5-13)25-18(28-11)26-29(3,27)12(2)14-6-9-16(24-10-14)19(21,22)23/h4-10,12H,1-3H3. The first-order valence-corrected chi connectivity index (χ1v) is 11.3. The van der Waals surface area contributed by atoms with Crippen LogP contribution in [0.15, 0.2) is 47.0 Å². The summed E-state index contributed by atoms with van der Waals surface area (Å²) in [6.07, 6.45) is -1.95. The molecule has 4 nitrogen and oxygen atoms in total. The van der Waals surface area contributed by atoms with Crippen LogP contribution >= 0.6 is 11.3 Å². The number of benzene rings is 1. The third-order valence-corrected chi connectivity index (χ3v) is 7.53. The van der Waals surface area contributed by atoms with Crippen molar-refractivity contribution in [1.82, 2.24) is 9.97 Å². The van der Waals surface area contributed by atoms with Gasteiger partial charge in [0.2, 0.25) is 5.13 Å². The Kier molecular flexibility index (Phi) is 5.87. The second-order valence-corrected chi connectivity index (χ2v) is 10.4. The molecule has 0 fully saturated rings. The highest BCUT2D eigenvalue weighted by Crippen LogP contribution is 2.35. The smallest absolute Gasteiger partial charge is 0.251 e. The van der Waals surface area contributed by atoms with Gasteiger partial charge in [-0.1, -0.05) is 47.1 Å². The van der Waals surface area contributed by atoms with Gasteiger partial charge in [0.25, 0.3) is 0 Å². The average Bonchev–Trinajstić information content (AvgIpc) is 3.00. The van der Waals surface area contributed by atoms with Crippen molar-refractivity contribution >= 4 is 39.5 Å². The van der Waals surface area contributed by atoms with Gasteiger partial charge in [0.15, 0.2) is 0 Å². The Morgan fingerprint density at radius 3 is 2.38 bits per heavy atom. The molecule has 3 rings (SSSR count). The van der Waals surface area contributed by atoms with E-state index >= 15 is 0 Å². The molecule has 1 aromatic carbocycles. The number of hydrogen-bond acceptors (Lipinski definition) is 5. The van der Waals surface area contributed by atoms with Crippen molar-refractivity contribution in [3.63, 3.8) is 0 Å². The molecule has 10 heteroatoms. The molecule has 2 aromatic heterocycles. The summed E-state index contributed by atoms with van der Waals surface area (Å²) in [5.74, 6) is 0. The molecule has 2 unspecified atom stereocenters. The Morgan fingerprint density at radius 2 is 1.83 bits per heavy atom. The number of nitrogens with zero attached hydrogens (tertiary/aromatic N) is 3. The number of alkyl halides is 3. The summed E-state index contributed by atoms with van der Waals surface area (Å²) in [5.41, 5.74) is 1.67. The largest absolute Gasteiger partial charge is 0.433 e. The van der Waals surface area contributed by atoms with Gasteiger partial charge < -0.3 is 0 Å². The quantitative estimate of drug-likeness (QED) is 0.553. The minimum Gasteiger partial charge on any atom is -0.251 e. The number of thiazole rings is 1. The summed E-state index contributed by atoms with van der Waals surface area (Å²) in [5, 5.41) is -0.269. The lowest BCUT2D eigenvalue weighted by Crippen LogP contribution is -2.11. The Balaban J connectivity index is 1.92. The van der Waals surface area contributed by atoms with Crippen LogP contribution in [0.25, 0.3) is 11.3 Å². The lowest BCUT2D eigenvalue weighted by Gasteiger charge is -2.14. The molecular weight excluding hydrogens is 418 g/mol. The van der Waals surface area contributed by atoms with Crippen molar-refractivity contribution < 1.29 is 17.4 Å². The van der Waals surface area contributed by atoms with E-state index in [1.165, 1.54) is 23.7 Å². The lowest BCUT2D eigenvalue weighted by molar-refractivity contribution is -0.141. The summed E-state index contributed by atoms with van der Waals surface area (Å²) in [4.78, 5) is 8.84. The SMILES string of the molecule is [B]c1ccc(-c2nc(N=S(C)(=O)C(C)c3ccc(C(F)(F)F)nc3)sc2C)cc1. The molecule has 2 atom stereocenters. The molecule has 29 heavy (non-hydrogen) atoms. The van der Waals surface area contributed by atoms with Gasteiger partial charge >= 0.3 is 6.18 Å². The summed E-state index contributed by atoms with van der Waals surface area (Å²) < 4.78 is 55.6. The first-order chi connectivity index (χ1) is 13.5. The zero-order chi connectivity index (χ0) is 21.4. The molecule has 2 heterocycles. The predicted octanol–water partition coefficient (Wildman–Crippen LogP) is 4.82. The van der Waals surface area contributed by atoms with Crippen molar-refractivity contribution in [1.29, 1.82) is 0 Å². The molecule has 0 bridgehead atoms. The van der Waals surface area contributed by atoms with E-state index in [1.807, 2.05) is 19.1 Å². The average molecular weight is 435 g/mol. The summed E-state index contributed by atoms with van der Waals surface area (Å²) in [7, 11) is 2.89. The van der Waals surface area contributed by atoms with Gasteiger partial charge in [-0.2, -0.15) is 17.5 Å². The number of aryl methyl sites for hydroxylation is 1. The maximum absolute atomic E-state index is 13.2. The van der Waals surface area contributed by atoms with E-state index in [4.69, 9.17) is 7.85 Å². The zero-order valence-corrected chi connectivity index (χ0v) is 17.5. The van der Waals surface area contributed by atoms with Crippen molar-refractivity contribution in [3.8, 4) is 11.3 Å². The van der Waals surface area contributed by atoms with Gasteiger partial charge in [-0.25, -0.2) is 9.19 Å². The summed E-state index contributed by atoms with van der Waals surface area (Å²) in [6.45, 7) is 3.54. The van der Waals surface area contributed by atoms with E-state index in [9.17, 15) is 17.4 Å². The maximum atomic E-state index is 13.2. The van der Waals surface area contributed by atoms with Gasteiger partial charge in [0.1, 0.15) is 13.5 Å². The van der Waals surface area contributed by atoms with E-state index in [0.29, 0.717) is 16.2 Å². The topological polar surface area (TPSA) is 55.2 Å². The second-order valence-electron chi connectivity index (χ2n) is 6.59. The molecule has 3 aromatic rings. The summed E-state index contributed by atoms with van der Waals surface area (Å²) in [6, 6.07) is 9.41. The van der Waals surface area contributed by atoms with E-state index < -0.39 is 26.8 Å². The van der Waals surface area contributed by atoms with Crippen LogP contribution < -0.4 is 5.46 Å². The number of rotatable bonds is 4. The van der Waals surface area contributed by atoms with Crippen LogP contribution in [0.4, 0.5) is 18.3 Å². The van der Waals surface area contributed by atoms with E-state index in [1.54, 1.807) is 19.1 Å². The Hall–Kier alpha value is -2.20. The third-order valence-electron chi connectivity index (χ3n) is 4.43. The molecule has 0 aliphatic carbocycles. The fraction of sp³-hybridized carbons (Fsp3) is 0.263. The highest BCUT2D eigenvalue weighted by molar-refractivity contribution is 7.93. The number of pyridine rings is 1. The van der Waals surface area contributed by atoms with Crippen molar-refractivity contribution in [2.24, 2.45) is 4.36 Å². The van der Waals surface area contributed by atoms with Gasteiger partial charge in [-0.3, -0.25) is 4.98 Å². The Morgan fingerprint density at radius 1 is 1.17 bits per heavy atom. The van der Waals surface area contributed by atoms with E-state index in [0.717, 1.165) is 28.4 Å². The van der Waals surface area contributed by atoms with Crippen LogP contribution in [0.1, 0.15) is 28.3 Å². The van der Waals surface area contributed by atoms with E-state index in [2.05, 4.69) is 14.3 Å². The maximum Gasteiger partial charge on any atom is 0.433 e. The summed E-state index contributed by atoms with van der Waals surface area (Å²) >= 11 is 1.31. The normalized spacial score (nSPS) is 15.0. The first-order valence-electron chi connectivity index (χ1n) is 8.55. The monoisotopic (exact) mass is 435 g/mol. The van der Waals surface area contributed by atoms with Crippen LogP contribution in [0.2, 0.25) is 0 Å². The fourth-order valence-electron chi connectivity index (χ4n) is 2.63. The Bertz CT molecular complexity index is 1130. The highest BCUT2D eigenvalue weighted by Gasteiger charge is 2.32. The molecule has 0 saturated carbocycles. The minimum absolute atomic E-state index is 0.355.